The van der Waals surface area contributed by atoms with Crippen molar-refractivity contribution in [3.63, 3.8) is 0 Å². The highest BCUT2D eigenvalue weighted by molar-refractivity contribution is 8.17. The van der Waals surface area contributed by atoms with Gasteiger partial charge in [0, 0.05) is 24.2 Å². The molecule has 0 fully saturated rings. The monoisotopic (exact) mass is 335 g/mol. The summed E-state index contributed by atoms with van der Waals surface area (Å²) in [5, 5.41) is 3.49. The first-order valence-electron chi connectivity index (χ1n) is 7.42. The van der Waals surface area contributed by atoms with E-state index in [2.05, 4.69) is 16.3 Å². The third kappa shape index (κ3) is 4.42. The summed E-state index contributed by atoms with van der Waals surface area (Å²) in [6, 6.07) is 4.59. The van der Waals surface area contributed by atoms with E-state index in [4.69, 9.17) is 4.99 Å². The van der Waals surface area contributed by atoms with Gasteiger partial charge in [0.1, 0.15) is 5.82 Å². The first-order chi connectivity index (χ1) is 10.8. The number of carbonyl (C=O) groups is 1. The topological polar surface area (TPSA) is 44.7 Å². The molecule has 0 radical (unpaired) electrons. The van der Waals surface area contributed by atoms with E-state index in [-0.39, 0.29) is 5.82 Å². The van der Waals surface area contributed by atoms with Crippen molar-refractivity contribution in [3.05, 3.63) is 40.6 Å². The average molecular weight is 335 g/mol. The van der Waals surface area contributed by atoms with E-state index in [0.717, 1.165) is 11.6 Å². The number of benzene rings is 1. The molecular formula is C17H22FN3OS. The van der Waals surface area contributed by atoms with E-state index >= 15 is 0 Å². The molecule has 0 aromatic heterocycles. The smallest absolute Gasteiger partial charge is 0.211 e. The molecule has 1 aliphatic heterocycles. The van der Waals surface area contributed by atoms with Gasteiger partial charge in [0.15, 0.2) is 0 Å². The summed E-state index contributed by atoms with van der Waals surface area (Å²) in [4.78, 5) is 18.6. The molecule has 1 aromatic carbocycles. The maximum atomic E-state index is 14.4. The number of anilines is 1. The number of halogens is 1. The van der Waals surface area contributed by atoms with Crippen LogP contribution >= 0.6 is 11.8 Å². The summed E-state index contributed by atoms with van der Waals surface area (Å²) in [5.41, 5.74) is 0.403. The highest BCUT2D eigenvalue weighted by Gasteiger charge is 2.34. The van der Waals surface area contributed by atoms with Gasteiger partial charge in [0.2, 0.25) is 6.41 Å². The lowest BCUT2D eigenvalue weighted by Gasteiger charge is -2.32. The fourth-order valence-corrected chi connectivity index (χ4v) is 3.76. The van der Waals surface area contributed by atoms with E-state index in [0.29, 0.717) is 24.1 Å². The van der Waals surface area contributed by atoms with Gasteiger partial charge in [0.05, 0.1) is 10.6 Å². The number of hydrogen-bond donors (Lipinski definition) is 1. The van der Waals surface area contributed by atoms with Crippen LogP contribution in [0.25, 0.3) is 0 Å². The molecule has 1 unspecified atom stereocenters. The Morgan fingerprint density at radius 1 is 1.48 bits per heavy atom. The molecule has 4 nitrogen and oxygen atoms in total. The van der Waals surface area contributed by atoms with Gasteiger partial charge in [-0.25, -0.2) is 4.39 Å². The van der Waals surface area contributed by atoms with Crippen molar-refractivity contribution < 1.29 is 9.18 Å². The lowest BCUT2D eigenvalue weighted by atomic mass is 9.88. The van der Waals surface area contributed by atoms with Gasteiger partial charge in [-0.2, -0.15) is 0 Å². The maximum absolute atomic E-state index is 14.4. The number of nitrogens with one attached hydrogen (secondary N) is 1. The van der Waals surface area contributed by atoms with E-state index < -0.39 is 5.54 Å². The number of nitrogens with zero attached hydrogens (tertiary/aromatic N) is 2. The molecule has 1 heterocycles. The standard InChI is InChI=1S/C17H22FN3OS/c1-12-20-17(2,10-14(23-12)7-8-21(3)4)15-9-13(19-11-22)5-6-16(15)18/h5-7,9,11H,8,10H2,1-4H3,(H,19,22)/b14-7-. The van der Waals surface area contributed by atoms with Gasteiger partial charge in [0.25, 0.3) is 0 Å². The van der Waals surface area contributed by atoms with E-state index in [9.17, 15) is 9.18 Å². The Morgan fingerprint density at radius 3 is 2.87 bits per heavy atom. The van der Waals surface area contributed by atoms with Crippen molar-refractivity contribution in [2.24, 2.45) is 4.99 Å². The number of amides is 1. The summed E-state index contributed by atoms with van der Waals surface area (Å²) in [5.74, 6) is -0.306. The molecule has 0 saturated carbocycles. The van der Waals surface area contributed by atoms with Gasteiger partial charge >= 0.3 is 0 Å². The third-order valence-corrected chi connectivity index (χ3v) is 4.62. The van der Waals surface area contributed by atoms with Gasteiger partial charge in [-0.05, 0) is 51.0 Å². The molecule has 1 N–H and O–H groups in total. The SMILES string of the molecule is CC1=NC(C)(c2cc(NC=O)ccc2F)C/C(=C/CN(C)C)S1. The van der Waals surface area contributed by atoms with Crippen LogP contribution in [-0.2, 0) is 10.3 Å². The van der Waals surface area contributed by atoms with Crippen molar-refractivity contribution >= 4 is 28.9 Å². The van der Waals surface area contributed by atoms with Crippen LogP contribution in [0.3, 0.4) is 0 Å². The number of hydrogen-bond acceptors (Lipinski definition) is 4. The molecule has 1 aliphatic rings. The van der Waals surface area contributed by atoms with Crippen LogP contribution in [0.1, 0.15) is 25.8 Å². The normalized spacial score (nSPS) is 23.0. The molecule has 0 aliphatic carbocycles. The number of likely N-dealkylation sites (N-methyl/N-ethyl adjacent to an activating group) is 1. The second kappa shape index (κ2) is 7.27. The zero-order valence-corrected chi connectivity index (χ0v) is 14.7. The summed E-state index contributed by atoms with van der Waals surface area (Å²) in [6.45, 7) is 4.71. The van der Waals surface area contributed by atoms with E-state index in [1.165, 1.54) is 11.0 Å². The van der Waals surface area contributed by atoms with Crippen LogP contribution in [-0.4, -0.2) is 37.0 Å². The third-order valence-electron chi connectivity index (χ3n) is 3.66. The van der Waals surface area contributed by atoms with Crippen molar-refractivity contribution in [2.75, 3.05) is 26.0 Å². The van der Waals surface area contributed by atoms with Gasteiger partial charge in [-0.3, -0.25) is 9.79 Å². The number of rotatable bonds is 5. The van der Waals surface area contributed by atoms with Crippen LogP contribution in [0, 0.1) is 5.82 Å². The highest BCUT2D eigenvalue weighted by atomic mass is 32.2. The van der Waals surface area contributed by atoms with Gasteiger partial charge in [-0.15, -0.1) is 0 Å². The molecule has 0 saturated heterocycles. The summed E-state index contributed by atoms with van der Waals surface area (Å²) < 4.78 is 14.4. The molecule has 6 heteroatoms. The van der Waals surface area contributed by atoms with Crippen molar-refractivity contribution in [3.8, 4) is 0 Å². The molecule has 1 aromatic rings. The van der Waals surface area contributed by atoms with Crippen LogP contribution in [0.5, 0.6) is 0 Å². The Balaban J connectivity index is 2.40. The van der Waals surface area contributed by atoms with Crippen LogP contribution in [0.4, 0.5) is 10.1 Å². The zero-order chi connectivity index (χ0) is 17.0. The minimum Gasteiger partial charge on any atom is -0.329 e. The van der Waals surface area contributed by atoms with E-state index in [1.54, 1.807) is 23.9 Å². The number of aliphatic imine (C=N–C) groups is 1. The number of thioether (sulfide) groups is 1. The Morgan fingerprint density at radius 2 is 2.22 bits per heavy atom. The van der Waals surface area contributed by atoms with E-state index in [1.807, 2.05) is 27.9 Å². The van der Waals surface area contributed by atoms with Gasteiger partial charge in [-0.1, -0.05) is 17.8 Å². The summed E-state index contributed by atoms with van der Waals surface area (Å²) >= 11 is 1.64. The van der Waals surface area contributed by atoms with Crippen molar-refractivity contribution in [1.29, 1.82) is 0 Å². The second-order valence-electron chi connectivity index (χ2n) is 6.07. The zero-order valence-electron chi connectivity index (χ0n) is 13.9. The Labute approximate surface area is 140 Å². The predicted octanol–water partition coefficient (Wildman–Crippen LogP) is 3.61. The molecule has 2 rings (SSSR count). The predicted molar refractivity (Wildman–Crippen MR) is 95.4 cm³/mol. The molecular weight excluding hydrogens is 313 g/mol. The first kappa shape index (κ1) is 17.7. The largest absolute Gasteiger partial charge is 0.329 e. The Kier molecular flexibility index (Phi) is 5.59. The van der Waals surface area contributed by atoms with Crippen LogP contribution < -0.4 is 5.32 Å². The fourth-order valence-electron chi connectivity index (χ4n) is 2.62. The lowest BCUT2D eigenvalue weighted by molar-refractivity contribution is -0.105. The lowest BCUT2D eigenvalue weighted by Crippen LogP contribution is -2.26. The first-order valence-corrected chi connectivity index (χ1v) is 8.24. The quantitative estimate of drug-likeness (QED) is 0.836. The molecule has 0 bridgehead atoms. The molecule has 1 amide bonds. The maximum Gasteiger partial charge on any atom is 0.211 e. The highest BCUT2D eigenvalue weighted by Crippen LogP contribution is 2.43. The fraction of sp³-hybridized carbons (Fsp3) is 0.412. The molecule has 23 heavy (non-hydrogen) atoms. The minimum atomic E-state index is -0.669. The Bertz CT molecular complexity index is 657. The summed E-state index contributed by atoms with van der Waals surface area (Å²) in [6.07, 6.45) is 3.39. The Hall–Kier alpha value is -1.66. The van der Waals surface area contributed by atoms with Crippen molar-refractivity contribution in [1.82, 2.24) is 4.90 Å². The number of carbonyl (C=O) groups excluding carboxylic acids is 1. The molecule has 124 valence electrons. The minimum absolute atomic E-state index is 0.306. The molecule has 0 spiro atoms. The van der Waals surface area contributed by atoms with Crippen LogP contribution in [0.15, 0.2) is 34.2 Å². The average Bonchev–Trinajstić information content (AvgIpc) is 2.46. The van der Waals surface area contributed by atoms with Crippen LogP contribution in [0.2, 0.25) is 0 Å². The second-order valence-corrected chi connectivity index (χ2v) is 7.39. The van der Waals surface area contributed by atoms with Crippen molar-refractivity contribution in [2.45, 2.75) is 25.8 Å². The van der Waals surface area contributed by atoms with Gasteiger partial charge < -0.3 is 10.2 Å². The molecule has 1 atom stereocenters. The summed E-state index contributed by atoms with van der Waals surface area (Å²) in [7, 11) is 4.03.